The van der Waals surface area contributed by atoms with Gasteiger partial charge in [-0.1, -0.05) is 6.07 Å². The number of fused-ring (bicyclic) bond motifs is 1. The van der Waals surface area contributed by atoms with E-state index < -0.39 is 5.54 Å². The number of thioether (sulfide) groups is 1. The van der Waals surface area contributed by atoms with Crippen LogP contribution in [0.1, 0.15) is 36.2 Å². The van der Waals surface area contributed by atoms with Gasteiger partial charge in [0, 0.05) is 10.5 Å². The van der Waals surface area contributed by atoms with Crippen molar-refractivity contribution in [2.24, 2.45) is 0 Å². The minimum Gasteiger partial charge on any atom is -0.308 e. The summed E-state index contributed by atoms with van der Waals surface area (Å²) in [6.07, 6.45) is 2.31. The smallest absolute Gasteiger partial charge is 0.182 e. The number of ketones is 1. The number of carbonyl (C=O) groups is 1. The summed E-state index contributed by atoms with van der Waals surface area (Å²) in [5, 5.41) is 3.06. The van der Waals surface area contributed by atoms with Crippen LogP contribution in [0.25, 0.3) is 0 Å². The normalized spacial score (nSPS) is 15.5. The predicted molar refractivity (Wildman–Crippen MR) is 73.0 cm³/mol. The van der Waals surface area contributed by atoms with Crippen LogP contribution < -0.4 is 5.32 Å². The molecule has 1 aromatic carbocycles. The van der Waals surface area contributed by atoms with Crippen LogP contribution in [0.4, 0.5) is 0 Å². The van der Waals surface area contributed by atoms with Crippen LogP contribution in [-0.4, -0.2) is 24.1 Å². The summed E-state index contributed by atoms with van der Waals surface area (Å²) in [4.78, 5) is 13.7. The lowest BCUT2D eigenvalue weighted by molar-refractivity contribution is 0.0889. The van der Waals surface area contributed by atoms with Crippen LogP contribution in [0.5, 0.6) is 0 Å². The Kier molecular flexibility index (Phi) is 3.59. The minimum absolute atomic E-state index is 0.165. The highest BCUT2D eigenvalue weighted by Gasteiger charge is 2.27. The molecule has 0 bridgehead atoms. The second-order valence-corrected chi connectivity index (χ2v) is 6.12. The van der Waals surface area contributed by atoms with E-state index in [2.05, 4.69) is 17.4 Å². The number of nitrogens with one attached hydrogen (secondary N) is 1. The molecule has 1 aliphatic rings. The molecule has 3 heteroatoms. The van der Waals surface area contributed by atoms with Crippen molar-refractivity contribution in [2.75, 3.05) is 12.8 Å². The van der Waals surface area contributed by atoms with Crippen LogP contribution in [0.15, 0.2) is 23.1 Å². The molecule has 0 aromatic heterocycles. The van der Waals surface area contributed by atoms with Crippen molar-refractivity contribution in [2.45, 2.75) is 37.1 Å². The van der Waals surface area contributed by atoms with Crippen LogP contribution in [0.2, 0.25) is 0 Å². The van der Waals surface area contributed by atoms with E-state index in [-0.39, 0.29) is 5.78 Å². The molecule has 2 nitrogen and oxygen atoms in total. The maximum atomic E-state index is 12.3. The third-order valence-electron chi connectivity index (χ3n) is 3.36. The Balaban J connectivity index is 2.31. The Hall–Kier alpha value is -0.800. The second kappa shape index (κ2) is 4.83. The molecule has 1 N–H and O–H groups in total. The van der Waals surface area contributed by atoms with E-state index in [0.29, 0.717) is 0 Å². The molecule has 0 atom stereocenters. The highest BCUT2D eigenvalue weighted by atomic mass is 32.2. The topological polar surface area (TPSA) is 29.1 Å². The van der Waals surface area contributed by atoms with E-state index >= 15 is 0 Å². The zero-order valence-corrected chi connectivity index (χ0v) is 11.5. The highest BCUT2D eigenvalue weighted by molar-refractivity contribution is 7.99. The van der Waals surface area contributed by atoms with Crippen molar-refractivity contribution < 1.29 is 4.79 Å². The number of Topliss-reactive ketones (excluding diaryl/α,β-unsaturated/α-hetero) is 1. The molecule has 1 heterocycles. The van der Waals surface area contributed by atoms with Gasteiger partial charge >= 0.3 is 0 Å². The molecule has 2 rings (SSSR count). The summed E-state index contributed by atoms with van der Waals surface area (Å²) in [6.45, 7) is 3.84. The molecule has 0 radical (unpaired) electrons. The third kappa shape index (κ3) is 2.55. The maximum Gasteiger partial charge on any atom is 0.182 e. The molecule has 0 saturated heterocycles. The van der Waals surface area contributed by atoms with Crippen molar-refractivity contribution in [3.05, 3.63) is 29.3 Å². The number of hydrogen-bond donors (Lipinski definition) is 1. The summed E-state index contributed by atoms with van der Waals surface area (Å²) in [5.41, 5.74) is 1.67. The van der Waals surface area contributed by atoms with E-state index in [1.54, 1.807) is 0 Å². The molecular formula is C14H19NOS. The summed E-state index contributed by atoms with van der Waals surface area (Å²) < 4.78 is 0. The van der Waals surface area contributed by atoms with Crippen molar-refractivity contribution in [1.82, 2.24) is 5.32 Å². The Morgan fingerprint density at radius 2 is 2.18 bits per heavy atom. The van der Waals surface area contributed by atoms with Gasteiger partial charge in [-0.25, -0.2) is 0 Å². The van der Waals surface area contributed by atoms with Gasteiger partial charge in [0.15, 0.2) is 5.78 Å². The fourth-order valence-corrected chi connectivity index (χ4v) is 3.00. The lowest BCUT2D eigenvalue weighted by atomic mass is 9.92. The lowest BCUT2D eigenvalue weighted by Crippen LogP contribution is -2.44. The first kappa shape index (κ1) is 12.7. The summed E-state index contributed by atoms with van der Waals surface area (Å²) in [7, 11) is 1.83. The zero-order valence-electron chi connectivity index (χ0n) is 10.7. The number of hydrogen-bond acceptors (Lipinski definition) is 3. The number of benzene rings is 1. The van der Waals surface area contributed by atoms with Gasteiger partial charge in [0.2, 0.25) is 0 Å². The van der Waals surface area contributed by atoms with Gasteiger partial charge in [-0.05, 0) is 57.2 Å². The first-order valence-electron chi connectivity index (χ1n) is 6.04. The fraction of sp³-hybridized carbons (Fsp3) is 0.500. The molecule has 17 heavy (non-hydrogen) atoms. The van der Waals surface area contributed by atoms with Crippen LogP contribution in [0, 0.1) is 0 Å². The van der Waals surface area contributed by atoms with Gasteiger partial charge in [-0.2, -0.15) is 0 Å². The van der Waals surface area contributed by atoms with E-state index in [9.17, 15) is 4.79 Å². The van der Waals surface area contributed by atoms with Crippen LogP contribution in [0.3, 0.4) is 0 Å². The molecule has 0 amide bonds. The minimum atomic E-state index is -0.490. The molecule has 0 spiro atoms. The van der Waals surface area contributed by atoms with E-state index in [1.165, 1.54) is 22.6 Å². The fourth-order valence-electron chi connectivity index (χ4n) is 1.98. The van der Waals surface area contributed by atoms with Crippen molar-refractivity contribution in [3.63, 3.8) is 0 Å². The van der Waals surface area contributed by atoms with E-state index in [4.69, 9.17) is 0 Å². The standard InChI is InChI=1S/C14H19NOS/c1-14(2,15-3)13(16)11-6-7-12-10(9-11)5-4-8-17-12/h6-7,9,15H,4-5,8H2,1-3H3. The van der Waals surface area contributed by atoms with Gasteiger partial charge in [0.05, 0.1) is 5.54 Å². The number of carbonyl (C=O) groups excluding carboxylic acids is 1. The SMILES string of the molecule is CNC(C)(C)C(=O)c1ccc2c(c1)CCCS2. The molecule has 0 saturated carbocycles. The molecule has 1 aliphatic heterocycles. The second-order valence-electron chi connectivity index (χ2n) is 4.98. The molecule has 0 fully saturated rings. The quantitative estimate of drug-likeness (QED) is 0.835. The highest BCUT2D eigenvalue weighted by Crippen LogP contribution is 2.31. The Labute approximate surface area is 107 Å². The van der Waals surface area contributed by atoms with Crippen molar-refractivity contribution in [3.8, 4) is 0 Å². The summed E-state index contributed by atoms with van der Waals surface area (Å²) in [6, 6.07) is 6.12. The average Bonchev–Trinajstić information content (AvgIpc) is 2.37. The van der Waals surface area contributed by atoms with Gasteiger partial charge in [0.25, 0.3) is 0 Å². The van der Waals surface area contributed by atoms with Crippen LogP contribution in [-0.2, 0) is 6.42 Å². The van der Waals surface area contributed by atoms with Gasteiger partial charge in [-0.15, -0.1) is 11.8 Å². The average molecular weight is 249 g/mol. The number of aryl methyl sites for hydroxylation is 1. The Bertz CT molecular complexity index is 440. The maximum absolute atomic E-state index is 12.3. The van der Waals surface area contributed by atoms with Gasteiger partial charge in [-0.3, -0.25) is 4.79 Å². The first-order valence-corrected chi connectivity index (χ1v) is 7.02. The molecule has 0 aliphatic carbocycles. The van der Waals surface area contributed by atoms with E-state index in [1.807, 2.05) is 38.7 Å². The largest absolute Gasteiger partial charge is 0.308 e. The Morgan fingerprint density at radius 3 is 2.88 bits per heavy atom. The molecule has 1 aromatic rings. The molecular weight excluding hydrogens is 230 g/mol. The predicted octanol–water partition coefficient (Wildman–Crippen LogP) is 2.91. The van der Waals surface area contributed by atoms with Gasteiger partial charge in [0.1, 0.15) is 0 Å². The molecule has 0 unspecified atom stereocenters. The van der Waals surface area contributed by atoms with Gasteiger partial charge < -0.3 is 5.32 Å². The summed E-state index contributed by atoms with van der Waals surface area (Å²) >= 11 is 1.90. The van der Waals surface area contributed by atoms with E-state index in [0.717, 1.165) is 12.0 Å². The zero-order chi connectivity index (χ0) is 12.5. The van der Waals surface area contributed by atoms with Crippen molar-refractivity contribution in [1.29, 1.82) is 0 Å². The van der Waals surface area contributed by atoms with Crippen molar-refractivity contribution >= 4 is 17.5 Å². The lowest BCUT2D eigenvalue weighted by Gasteiger charge is -2.23. The van der Waals surface area contributed by atoms with Crippen LogP contribution >= 0.6 is 11.8 Å². The summed E-state index contributed by atoms with van der Waals surface area (Å²) in [5.74, 6) is 1.36. The molecule has 92 valence electrons. The third-order valence-corrected chi connectivity index (χ3v) is 4.57. The Morgan fingerprint density at radius 1 is 1.41 bits per heavy atom. The first-order chi connectivity index (χ1) is 8.04. The number of rotatable bonds is 3. The monoisotopic (exact) mass is 249 g/mol. The number of likely N-dealkylation sites (N-methyl/N-ethyl adjacent to an activating group) is 1.